The molecule has 0 radical (unpaired) electrons. The Kier molecular flexibility index (Phi) is 6.86. The highest BCUT2D eigenvalue weighted by Crippen LogP contribution is 2.34. The van der Waals surface area contributed by atoms with Gasteiger partial charge in [0.05, 0.1) is 12.3 Å². The van der Waals surface area contributed by atoms with E-state index in [1.54, 1.807) is 35.6 Å². The largest absolute Gasteiger partial charge is 0.506 e. The van der Waals surface area contributed by atoms with Crippen molar-refractivity contribution in [2.45, 2.75) is 31.5 Å². The first kappa shape index (κ1) is 19.4. The van der Waals surface area contributed by atoms with Gasteiger partial charge in [-0.15, -0.1) is 11.3 Å². The highest BCUT2D eigenvalue weighted by molar-refractivity contribution is 7.10. The van der Waals surface area contributed by atoms with E-state index in [4.69, 9.17) is 14.6 Å². The van der Waals surface area contributed by atoms with Crippen LogP contribution in [0.2, 0.25) is 0 Å². The number of aliphatic hydroxyl groups excluding tert-OH is 1. The Hall–Kier alpha value is -2.35. The third kappa shape index (κ3) is 5.32. The third-order valence-corrected chi connectivity index (χ3v) is 5.20. The van der Waals surface area contributed by atoms with Gasteiger partial charge in [-0.25, -0.2) is 0 Å². The summed E-state index contributed by atoms with van der Waals surface area (Å²) in [6.07, 6.45) is 3.27. The molecule has 27 heavy (non-hydrogen) atoms. The van der Waals surface area contributed by atoms with Gasteiger partial charge in [-0.3, -0.25) is 4.79 Å². The summed E-state index contributed by atoms with van der Waals surface area (Å²) in [6, 6.07) is 10.5. The summed E-state index contributed by atoms with van der Waals surface area (Å²) in [6.45, 7) is 0.581. The first-order valence-corrected chi connectivity index (χ1v) is 9.79. The number of carbonyl (C=O) groups excluding carboxylic acids is 1. The van der Waals surface area contributed by atoms with Gasteiger partial charge in [0.25, 0.3) is 5.91 Å². The van der Waals surface area contributed by atoms with Gasteiger partial charge in [0, 0.05) is 23.8 Å². The number of hydrogen-bond acceptors (Lipinski definition) is 6. The number of rotatable bonds is 8. The van der Waals surface area contributed by atoms with E-state index in [0.717, 1.165) is 11.3 Å². The Balaban J connectivity index is 1.72. The molecule has 0 aliphatic carbocycles. The van der Waals surface area contributed by atoms with Crippen LogP contribution in [0.15, 0.2) is 53.6 Å². The zero-order valence-electron chi connectivity index (χ0n) is 14.8. The number of amides is 1. The number of hydrogen-bond donors (Lipinski definition) is 3. The minimum Gasteiger partial charge on any atom is -0.506 e. The second-order valence-corrected chi connectivity index (χ2v) is 7.19. The van der Waals surface area contributed by atoms with Gasteiger partial charge in [0.2, 0.25) is 6.29 Å². The summed E-state index contributed by atoms with van der Waals surface area (Å²) in [5.74, 6) is -0.239. The zero-order valence-corrected chi connectivity index (χ0v) is 15.7. The van der Waals surface area contributed by atoms with Crippen molar-refractivity contribution in [1.82, 2.24) is 0 Å². The number of anilines is 1. The molecular weight excluding hydrogens is 366 g/mol. The average Bonchev–Trinajstić information content (AvgIpc) is 3.22. The fourth-order valence-corrected chi connectivity index (χ4v) is 3.62. The lowest BCUT2D eigenvalue weighted by molar-refractivity contribution is -0.143. The number of allylic oxidation sites excluding steroid dienone is 1. The number of aromatic hydroxyl groups is 1. The zero-order chi connectivity index (χ0) is 19.1. The number of carbonyl (C=O) groups is 1. The Labute approximate surface area is 162 Å². The summed E-state index contributed by atoms with van der Waals surface area (Å²) >= 11 is 1.62. The molecule has 1 aliphatic rings. The summed E-state index contributed by atoms with van der Waals surface area (Å²) in [4.78, 5) is 13.8. The van der Waals surface area contributed by atoms with Gasteiger partial charge in [-0.05, 0) is 42.5 Å². The molecule has 1 aliphatic heterocycles. The van der Waals surface area contributed by atoms with E-state index in [9.17, 15) is 9.90 Å². The predicted molar refractivity (Wildman–Crippen MR) is 104 cm³/mol. The Morgan fingerprint density at radius 2 is 2.11 bits per heavy atom. The van der Waals surface area contributed by atoms with Crippen LogP contribution in [0.5, 0.6) is 5.75 Å². The fraction of sp³-hybridized carbons (Fsp3) is 0.350. The summed E-state index contributed by atoms with van der Waals surface area (Å²) < 4.78 is 11.5. The van der Waals surface area contributed by atoms with Crippen molar-refractivity contribution >= 4 is 22.9 Å². The monoisotopic (exact) mass is 389 g/mol. The van der Waals surface area contributed by atoms with Crippen molar-refractivity contribution < 1.29 is 24.5 Å². The quantitative estimate of drug-likeness (QED) is 0.474. The van der Waals surface area contributed by atoms with Gasteiger partial charge in [-0.2, -0.15) is 0 Å². The van der Waals surface area contributed by atoms with Crippen LogP contribution in [0, 0.1) is 0 Å². The molecule has 1 amide bonds. The van der Waals surface area contributed by atoms with Gasteiger partial charge in [0.15, 0.2) is 5.76 Å². The molecule has 2 heterocycles. The molecule has 0 spiro atoms. The van der Waals surface area contributed by atoms with Crippen LogP contribution in [0.1, 0.15) is 30.1 Å². The molecule has 1 aromatic carbocycles. The number of para-hydroxylation sites is 2. The van der Waals surface area contributed by atoms with E-state index in [1.807, 2.05) is 17.5 Å². The van der Waals surface area contributed by atoms with E-state index >= 15 is 0 Å². The topological polar surface area (TPSA) is 88.0 Å². The average molecular weight is 389 g/mol. The summed E-state index contributed by atoms with van der Waals surface area (Å²) in [5.41, 5.74) is 0.325. The van der Waals surface area contributed by atoms with Crippen molar-refractivity contribution in [2.75, 3.05) is 18.5 Å². The molecule has 6 nitrogen and oxygen atoms in total. The third-order valence-electron chi connectivity index (χ3n) is 4.20. The van der Waals surface area contributed by atoms with Gasteiger partial charge in [0.1, 0.15) is 5.75 Å². The normalized spacial score (nSPS) is 19.2. The minimum absolute atomic E-state index is 0.00568. The Morgan fingerprint density at radius 3 is 2.85 bits per heavy atom. The molecule has 0 saturated carbocycles. The first-order chi connectivity index (χ1) is 13.2. The van der Waals surface area contributed by atoms with E-state index < -0.39 is 12.2 Å². The van der Waals surface area contributed by atoms with Crippen LogP contribution >= 0.6 is 11.3 Å². The minimum atomic E-state index is -0.536. The fourth-order valence-electron chi connectivity index (χ4n) is 2.81. The van der Waals surface area contributed by atoms with E-state index in [-0.39, 0.29) is 24.0 Å². The SMILES string of the molecule is O=C(Nc1ccccc1O)C1=C[C@@H](c2cccs2)C[C@@H](OCCCCO)O1. The second-order valence-electron chi connectivity index (χ2n) is 6.21. The molecule has 0 fully saturated rings. The lowest BCUT2D eigenvalue weighted by Crippen LogP contribution is -2.29. The Bertz CT molecular complexity index is 774. The molecule has 0 bridgehead atoms. The van der Waals surface area contributed by atoms with Crippen LogP contribution in [-0.2, 0) is 14.3 Å². The second kappa shape index (κ2) is 9.55. The molecule has 7 heteroatoms. The van der Waals surface area contributed by atoms with Crippen LogP contribution < -0.4 is 5.32 Å². The van der Waals surface area contributed by atoms with Crippen molar-refractivity contribution in [2.24, 2.45) is 0 Å². The molecule has 2 atom stereocenters. The highest BCUT2D eigenvalue weighted by atomic mass is 32.1. The molecule has 2 aromatic rings. The predicted octanol–water partition coefficient (Wildman–Crippen LogP) is 3.60. The molecule has 0 saturated heterocycles. The number of unbranched alkanes of at least 4 members (excludes halogenated alkanes) is 1. The van der Waals surface area contributed by atoms with Crippen molar-refractivity contribution in [3.63, 3.8) is 0 Å². The smallest absolute Gasteiger partial charge is 0.290 e. The van der Waals surface area contributed by atoms with Crippen LogP contribution in [0.25, 0.3) is 0 Å². The molecular formula is C20H23NO5S. The maximum absolute atomic E-state index is 12.7. The van der Waals surface area contributed by atoms with Crippen LogP contribution in [0.4, 0.5) is 5.69 Å². The number of aliphatic hydroxyl groups is 1. The highest BCUT2D eigenvalue weighted by Gasteiger charge is 2.29. The van der Waals surface area contributed by atoms with E-state index in [1.165, 1.54) is 6.07 Å². The van der Waals surface area contributed by atoms with Gasteiger partial charge < -0.3 is 25.0 Å². The maximum Gasteiger partial charge on any atom is 0.290 e. The molecule has 1 aromatic heterocycles. The van der Waals surface area contributed by atoms with Crippen LogP contribution in [0.3, 0.4) is 0 Å². The maximum atomic E-state index is 12.7. The lowest BCUT2D eigenvalue weighted by atomic mass is 9.99. The van der Waals surface area contributed by atoms with E-state index in [0.29, 0.717) is 25.1 Å². The van der Waals surface area contributed by atoms with E-state index in [2.05, 4.69) is 5.32 Å². The van der Waals surface area contributed by atoms with Gasteiger partial charge in [-0.1, -0.05) is 18.2 Å². The standard InChI is InChI=1S/C20H23NO5S/c22-9-3-4-10-25-19-13-14(18-8-5-11-27-18)12-17(26-19)20(24)21-15-6-1-2-7-16(15)23/h1-2,5-8,11-12,14,19,22-23H,3-4,9-10,13H2,(H,21,24)/t14-,19+/m1/s1. The number of thiophene rings is 1. The number of phenolic OH excluding ortho intramolecular Hbond substituents is 1. The number of phenols is 1. The van der Waals surface area contributed by atoms with Crippen molar-refractivity contribution in [3.8, 4) is 5.75 Å². The van der Waals surface area contributed by atoms with Crippen molar-refractivity contribution in [3.05, 3.63) is 58.5 Å². The number of nitrogens with one attached hydrogen (secondary N) is 1. The summed E-state index contributed by atoms with van der Waals surface area (Å²) in [5, 5.41) is 23.4. The number of ether oxygens (including phenoxy) is 2. The van der Waals surface area contributed by atoms with Crippen LogP contribution in [-0.4, -0.2) is 35.6 Å². The molecule has 3 rings (SSSR count). The number of benzene rings is 1. The van der Waals surface area contributed by atoms with Gasteiger partial charge >= 0.3 is 0 Å². The first-order valence-electron chi connectivity index (χ1n) is 8.91. The Morgan fingerprint density at radius 1 is 1.26 bits per heavy atom. The van der Waals surface area contributed by atoms with Crippen molar-refractivity contribution in [1.29, 1.82) is 0 Å². The summed E-state index contributed by atoms with van der Waals surface area (Å²) in [7, 11) is 0. The molecule has 144 valence electrons. The molecule has 0 unspecified atom stereocenters. The molecule has 3 N–H and O–H groups in total. The lowest BCUT2D eigenvalue weighted by Gasteiger charge is -2.28.